The van der Waals surface area contributed by atoms with Crippen molar-refractivity contribution in [3.63, 3.8) is 0 Å². The first-order valence-electron chi connectivity index (χ1n) is 7.76. The Bertz CT molecular complexity index is 678. The summed E-state index contributed by atoms with van der Waals surface area (Å²) in [5.41, 5.74) is 1.44. The highest BCUT2D eigenvalue weighted by atomic mass is 16.5. The molecule has 0 radical (unpaired) electrons. The molecule has 2 aromatic rings. The van der Waals surface area contributed by atoms with E-state index < -0.39 is 11.7 Å². The normalized spacial score (nSPS) is 10.1. The lowest BCUT2D eigenvalue weighted by Gasteiger charge is -2.08. The summed E-state index contributed by atoms with van der Waals surface area (Å²) in [6.07, 6.45) is 0.610. The van der Waals surface area contributed by atoms with Crippen LogP contribution in [0.4, 0.5) is 0 Å². The predicted octanol–water partition coefficient (Wildman–Crippen LogP) is 2.77. The topological polar surface area (TPSA) is 64.6 Å². The number of nitrogens with one attached hydrogen (secondary N) is 1. The van der Waals surface area contributed by atoms with Crippen LogP contribution < -0.4 is 14.8 Å². The second-order valence-corrected chi connectivity index (χ2v) is 5.33. The molecule has 0 saturated carbocycles. The fourth-order valence-corrected chi connectivity index (χ4v) is 2.05. The molecule has 0 saturated heterocycles. The molecule has 5 heteroatoms. The van der Waals surface area contributed by atoms with Crippen molar-refractivity contribution in [1.29, 1.82) is 0 Å². The molecule has 0 aliphatic heterocycles. The third kappa shape index (κ3) is 5.12. The minimum Gasteiger partial charge on any atom is -0.497 e. The van der Waals surface area contributed by atoms with Crippen molar-refractivity contribution >= 4 is 11.7 Å². The van der Waals surface area contributed by atoms with Crippen molar-refractivity contribution in [2.45, 2.75) is 13.3 Å². The molecule has 5 nitrogen and oxygen atoms in total. The van der Waals surface area contributed by atoms with E-state index in [2.05, 4.69) is 5.32 Å². The molecule has 24 heavy (non-hydrogen) atoms. The number of hydrogen-bond acceptors (Lipinski definition) is 4. The Kier molecular flexibility index (Phi) is 6.37. The lowest BCUT2D eigenvalue weighted by atomic mass is 10.1. The second-order valence-electron chi connectivity index (χ2n) is 5.33. The molecule has 1 amide bonds. The SMILES string of the molecule is COc1ccc(OCCCNC(=O)C(=O)c2ccc(C)cc2)cc1. The summed E-state index contributed by atoms with van der Waals surface area (Å²) in [6.45, 7) is 2.76. The summed E-state index contributed by atoms with van der Waals surface area (Å²) < 4.78 is 10.6. The van der Waals surface area contributed by atoms with Crippen LogP contribution in [0.1, 0.15) is 22.3 Å². The van der Waals surface area contributed by atoms with Crippen LogP contribution in [0.5, 0.6) is 11.5 Å². The van der Waals surface area contributed by atoms with Gasteiger partial charge < -0.3 is 14.8 Å². The highest BCUT2D eigenvalue weighted by Gasteiger charge is 2.14. The van der Waals surface area contributed by atoms with Crippen LogP contribution in [0.15, 0.2) is 48.5 Å². The van der Waals surface area contributed by atoms with Crippen molar-refractivity contribution in [3.8, 4) is 11.5 Å². The standard InChI is InChI=1S/C19H21NO4/c1-14-4-6-15(7-5-14)18(21)19(22)20-12-3-13-24-17-10-8-16(23-2)9-11-17/h4-11H,3,12-13H2,1-2H3,(H,20,22). The van der Waals surface area contributed by atoms with E-state index in [0.29, 0.717) is 25.1 Å². The first-order chi connectivity index (χ1) is 11.6. The van der Waals surface area contributed by atoms with Crippen LogP contribution >= 0.6 is 0 Å². The van der Waals surface area contributed by atoms with Gasteiger partial charge in [0.05, 0.1) is 13.7 Å². The number of carbonyl (C=O) groups is 2. The number of aryl methyl sites for hydroxylation is 1. The quantitative estimate of drug-likeness (QED) is 0.460. The lowest BCUT2D eigenvalue weighted by Crippen LogP contribution is -2.32. The predicted molar refractivity (Wildman–Crippen MR) is 91.6 cm³/mol. The molecule has 0 heterocycles. The third-order valence-electron chi connectivity index (χ3n) is 3.45. The van der Waals surface area contributed by atoms with Gasteiger partial charge in [-0.3, -0.25) is 9.59 Å². The molecule has 0 bridgehead atoms. The first kappa shape index (κ1) is 17.5. The molecule has 0 fully saturated rings. The van der Waals surface area contributed by atoms with E-state index in [-0.39, 0.29) is 0 Å². The van der Waals surface area contributed by atoms with Crippen LogP contribution in [-0.4, -0.2) is 32.0 Å². The van der Waals surface area contributed by atoms with E-state index in [1.165, 1.54) is 0 Å². The van der Waals surface area contributed by atoms with Gasteiger partial charge in [0.15, 0.2) is 0 Å². The number of rotatable bonds is 8. The zero-order chi connectivity index (χ0) is 17.4. The van der Waals surface area contributed by atoms with Gasteiger partial charge in [-0.1, -0.05) is 29.8 Å². The van der Waals surface area contributed by atoms with Gasteiger partial charge in [0.25, 0.3) is 5.91 Å². The monoisotopic (exact) mass is 327 g/mol. The van der Waals surface area contributed by atoms with Gasteiger partial charge >= 0.3 is 0 Å². The van der Waals surface area contributed by atoms with Crippen molar-refractivity contribution in [1.82, 2.24) is 5.32 Å². The van der Waals surface area contributed by atoms with E-state index in [9.17, 15) is 9.59 Å². The lowest BCUT2D eigenvalue weighted by molar-refractivity contribution is -0.117. The molecule has 0 aliphatic rings. The maximum absolute atomic E-state index is 11.9. The van der Waals surface area contributed by atoms with Gasteiger partial charge in [-0.05, 0) is 37.6 Å². The average Bonchev–Trinajstić information content (AvgIpc) is 2.62. The molecule has 2 rings (SSSR count). The minimum absolute atomic E-state index is 0.382. The van der Waals surface area contributed by atoms with Crippen LogP contribution in [0.25, 0.3) is 0 Å². The smallest absolute Gasteiger partial charge is 0.292 e. The summed E-state index contributed by atoms with van der Waals surface area (Å²) in [5, 5.41) is 2.61. The van der Waals surface area contributed by atoms with E-state index in [4.69, 9.17) is 9.47 Å². The van der Waals surface area contributed by atoms with E-state index >= 15 is 0 Å². The Morgan fingerprint density at radius 2 is 1.58 bits per heavy atom. The van der Waals surface area contributed by atoms with Crippen LogP contribution in [-0.2, 0) is 4.79 Å². The largest absolute Gasteiger partial charge is 0.497 e. The van der Waals surface area contributed by atoms with Gasteiger partial charge in [-0.2, -0.15) is 0 Å². The van der Waals surface area contributed by atoms with Gasteiger partial charge in [0, 0.05) is 12.1 Å². The highest BCUT2D eigenvalue weighted by molar-refractivity contribution is 6.42. The number of carbonyl (C=O) groups excluding carboxylic acids is 2. The minimum atomic E-state index is -0.594. The molecule has 0 spiro atoms. The number of Topliss-reactive ketones (excluding diaryl/α,β-unsaturated/α-hetero) is 1. The van der Waals surface area contributed by atoms with Gasteiger partial charge in [0.2, 0.25) is 5.78 Å². The Labute approximate surface area is 141 Å². The zero-order valence-corrected chi connectivity index (χ0v) is 13.9. The Balaban J connectivity index is 1.68. The highest BCUT2D eigenvalue weighted by Crippen LogP contribution is 2.16. The van der Waals surface area contributed by atoms with Crippen LogP contribution in [0.3, 0.4) is 0 Å². The molecule has 0 unspecified atom stereocenters. The summed E-state index contributed by atoms with van der Waals surface area (Å²) in [5.74, 6) is 0.386. The molecule has 126 valence electrons. The maximum atomic E-state index is 11.9. The Morgan fingerprint density at radius 3 is 2.21 bits per heavy atom. The van der Waals surface area contributed by atoms with E-state index in [1.807, 2.05) is 43.3 Å². The van der Waals surface area contributed by atoms with Crippen LogP contribution in [0.2, 0.25) is 0 Å². The molecule has 2 aromatic carbocycles. The Hall–Kier alpha value is -2.82. The summed E-state index contributed by atoms with van der Waals surface area (Å²) >= 11 is 0. The number of ketones is 1. The van der Waals surface area contributed by atoms with Gasteiger partial charge in [-0.25, -0.2) is 0 Å². The van der Waals surface area contributed by atoms with E-state index in [1.54, 1.807) is 19.2 Å². The number of hydrogen-bond donors (Lipinski definition) is 1. The molecule has 0 atom stereocenters. The first-order valence-corrected chi connectivity index (χ1v) is 7.76. The van der Waals surface area contributed by atoms with E-state index in [0.717, 1.165) is 17.1 Å². The van der Waals surface area contributed by atoms with Crippen LogP contribution in [0, 0.1) is 6.92 Å². The average molecular weight is 327 g/mol. The molecular formula is C19H21NO4. The van der Waals surface area contributed by atoms with Crippen molar-refractivity contribution < 1.29 is 19.1 Å². The number of methoxy groups -OCH3 is 1. The third-order valence-corrected chi connectivity index (χ3v) is 3.45. The summed E-state index contributed by atoms with van der Waals surface area (Å²) in [7, 11) is 1.61. The number of ether oxygens (including phenoxy) is 2. The fraction of sp³-hybridized carbons (Fsp3) is 0.263. The number of benzene rings is 2. The Morgan fingerprint density at radius 1 is 0.958 bits per heavy atom. The van der Waals surface area contributed by atoms with Gasteiger partial charge in [0.1, 0.15) is 11.5 Å². The molecule has 1 N–H and O–H groups in total. The second kappa shape index (κ2) is 8.72. The van der Waals surface area contributed by atoms with Crippen molar-refractivity contribution in [2.75, 3.05) is 20.3 Å². The summed E-state index contributed by atoms with van der Waals surface area (Å²) in [6, 6.07) is 14.2. The molecule has 0 aromatic heterocycles. The summed E-state index contributed by atoms with van der Waals surface area (Å²) in [4.78, 5) is 23.8. The maximum Gasteiger partial charge on any atom is 0.292 e. The van der Waals surface area contributed by atoms with Gasteiger partial charge in [-0.15, -0.1) is 0 Å². The van der Waals surface area contributed by atoms with Crippen molar-refractivity contribution in [2.24, 2.45) is 0 Å². The molecule has 0 aliphatic carbocycles. The zero-order valence-electron chi connectivity index (χ0n) is 13.9. The van der Waals surface area contributed by atoms with Crippen molar-refractivity contribution in [3.05, 3.63) is 59.7 Å². The fourth-order valence-electron chi connectivity index (χ4n) is 2.05. The number of amides is 1. The molecular weight excluding hydrogens is 306 g/mol.